The number of nitrogens with zero attached hydrogens (tertiary/aromatic N) is 2. The lowest BCUT2D eigenvalue weighted by molar-refractivity contribution is 0.0694. The van der Waals surface area contributed by atoms with Crippen LogP contribution in [-0.4, -0.2) is 34.3 Å². The molecule has 0 aliphatic carbocycles. The number of halogens is 1. The SMILES string of the molecule is CC1C(N)CN1c1cc2c(cc1F)c(=O)c(C(=O)O)cn2C(C)(C)C. The molecule has 2 heterocycles. The molecule has 1 saturated heterocycles. The van der Waals surface area contributed by atoms with Gasteiger partial charge in [-0.3, -0.25) is 4.79 Å². The highest BCUT2D eigenvalue weighted by molar-refractivity contribution is 5.93. The fourth-order valence-electron chi connectivity index (χ4n) is 3.22. The normalized spacial score (nSPS) is 20.6. The Bertz CT molecular complexity index is 930. The third kappa shape index (κ3) is 2.68. The van der Waals surface area contributed by atoms with Gasteiger partial charge in [0.05, 0.1) is 11.2 Å². The molecule has 1 aliphatic rings. The van der Waals surface area contributed by atoms with Gasteiger partial charge in [0.25, 0.3) is 0 Å². The van der Waals surface area contributed by atoms with Crippen molar-refractivity contribution in [2.45, 2.75) is 45.3 Å². The first-order valence-electron chi connectivity index (χ1n) is 8.17. The van der Waals surface area contributed by atoms with Crippen molar-refractivity contribution in [3.8, 4) is 0 Å². The molecule has 2 aromatic rings. The molecule has 0 bridgehead atoms. The topological polar surface area (TPSA) is 88.6 Å². The molecule has 7 heteroatoms. The van der Waals surface area contributed by atoms with Crippen LogP contribution in [0.3, 0.4) is 0 Å². The van der Waals surface area contributed by atoms with Gasteiger partial charge in [-0.25, -0.2) is 9.18 Å². The van der Waals surface area contributed by atoms with Crippen LogP contribution in [0.2, 0.25) is 0 Å². The zero-order chi connectivity index (χ0) is 18.7. The number of carboxylic acid groups (broad SMARTS) is 1. The number of carbonyl (C=O) groups is 1. The monoisotopic (exact) mass is 347 g/mol. The van der Waals surface area contributed by atoms with E-state index in [1.165, 1.54) is 6.20 Å². The average Bonchev–Trinajstić information content (AvgIpc) is 2.51. The number of anilines is 1. The summed E-state index contributed by atoms with van der Waals surface area (Å²) in [6, 6.07) is 2.73. The van der Waals surface area contributed by atoms with Crippen LogP contribution in [0.15, 0.2) is 23.1 Å². The molecule has 1 aromatic carbocycles. The number of hydrogen-bond donors (Lipinski definition) is 2. The van der Waals surface area contributed by atoms with E-state index in [1.54, 1.807) is 10.6 Å². The molecule has 2 atom stereocenters. The molecule has 0 radical (unpaired) electrons. The van der Waals surface area contributed by atoms with Crippen LogP contribution in [0.1, 0.15) is 38.1 Å². The van der Waals surface area contributed by atoms with Crippen molar-refractivity contribution < 1.29 is 14.3 Å². The van der Waals surface area contributed by atoms with E-state index in [1.807, 2.05) is 32.6 Å². The van der Waals surface area contributed by atoms with Gasteiger partial charge in [0, 0.05) is 35.8 Å². The van der Waals surface area contributed by atoms with Gasteiger partial charge in [-0.2, -0.15) is 0 Å². The van der Waals surface area contributed by atoms with Gasteiger partial charge in [0.15, 0.2) is 0 Å². The molecule has 3 N–H and O–H groups in total. The lowest BCUT2D eigenvalue weighted by Crippen LogP contribution is -2.63. The molecule has 1 aliphatic heterocycles. The van der Waals surface area contributed by atoms with Crippen molar-refractivity contribution in [1.82, 2.24) is 4.57 Å². The van der Waals surface area contributed by atoms with E-state index in [2.05, 4.69) is 0 Å². The van der Waals surface area contributed by atoms with E-state index < -0.39 is 22.8 Å². The van der Waals surface area contributed by atoms with Crippen molar-refractivity contribution in [1.29, 1.82) is 0 Å². The molecule has 25 heavy (non-hydrogen) atoms. The van der Waals surface area contributed by atoms with E-state index in [-0.39, 0.29) is 23.0 Å². The summed E-state index contributed by atoms with van der Waals surface area (Å²) in [4.78, 5) is 25.7. The van der Waals surface area contributed by atoms with E-state index >= 15 is 0 Å². The Morgan fingerprint density at radius 1 is 1.36 bits per heavy atom. The maximum absolute atomic E-state index is 14.7. The van der Waals surface area contributed by atoms with Crippen LogP contribution in [-0.2, 0) is 5.54 Å². The Kier molecular flexibility index (Phi) is 3.87. The number of rotatable bonds is 2. The Hall–Kier alpha value is -2.41. The van der Waals surface area contributed by atoms with Gasteiger partial charge < -0.3 is 20.3 Å². The quantitative estimate of drug-likeness (QED) is 0.869. The third-order valence-corrected chi connectivity index (χ3v) is 4.85. The van der Waals surface area contributed by atoms with Crippen molar-refractivity contribution in [3.05, 3.63) is 39.9 Å². The predicted octanol–water partition coefficient (Wildman–Crippen LogP) is 2.13. The Labute approximate surface area is 144 Å². The van der Waals surface area contributed by atoms with Gasteiger partial charge in [0.2, 0.25) is 5.43 Å². The van der Waals surface area contributed by atoms with Crippen LogP contribution in [0, 0.1) is 5.82 Å². The minimum absolute atomic E-state index is 0.0000477. The zero-order valence-electron chi connectivity index (χ0n) is 14.7. The third-order valence-electron chi connectivity index (χ3n) is 4.85. The number of aromatic carboxylic acids is 1. The van der Waals surface area contributed by atoms with Crippen molar-refractivity contribution in [2.24, 2.45) is 5.73 Å². The highest BCUT2D eigenvalue weighted by Gasteiger charge is 2.34. The van der Waals surface area contributed by atoms with E-state index in [9.17, 15) is 19.1 Å². The van der Waals surface area contributed by atoms with Crippen LogP contribution in [0.4, 0.5) is 10.1 Å². The molecule has 3 rings (SSSR count). The Balaban J connectivity index is 2.34. The van der Waals surface area contributed by atoms with Gasteiger partial charge in [0.1, 0.15) is 11.4 Å². The summed E-state index contributed by atoms with van der Waals surface area (Å²) < 4.78 is 16.4. The predicted molar refractivity (Wildman–Crippen MR) is 94.9 cm³/mol. The van der Waals surface area contributed by atoms with Crippen LogP contribution >= 0.6 is 0 Å². The smallest absolute Gasteiger partial charge is 0.341 e. The molecule has 6 nitrogen and oxygen atoms in total. The fraction of sp³-hybridized carbons (Fsp3) is 0.444. The molecule has 1 aromatic heterocycles. The summed E-state index contributed by atoms with van der Waals surface area (Å²) >= 11 is 0. The summed E-state index contributed by atoms with van der Waals surface area (Å²) in [5.74, 6) is -1.87. The first-order valence-corrected chi connectivity index (χ1v) is 8.17. The second-order valence-corrected chi connectivity index (χ2v) is 7.60. The molecule has 0 amide bonds. The van der Waals surface area contributed by atoms with Gasteiger partial charge in [-0.05, 0) is 39.8 Å². The van der Waals surface area contributed by atoms with E-state index in [0.717, 1.165) is 6.07 Å². The molecular formula is C18H22FN3O3. The summed E-state index contributed by atoms with van der Waals surface area (Å²) in [5.41, 5.74) is 5.26. The summed E-state index contributed by atoms with van der Waals surface area (Å²) in [6.07, 6.45) is 1.33. The number of fused-ring (bicyclic) bond motifs is 1. The zero-order valence-corrected chi connectivity index (χ0v) is 14.7. The molecule has 2 unspecified atom stereocenters. The largest absolute Gasteiger partial charge is 0.477 e. The van der Waals surface area contributed by atoms with Crippen LogP contribution in [0.5, 0.6) is 0 Å². The maximum Gasteiger partial charge on any atom is 0.341 e. The first-order chi connectivity index (χ1) is 11.5. The highest BCUT2D eigenvalue weighted by atomic mass is 19.1. The maximum atomic E-state index is 14.7. The number of carboxylic acids is 1. The van der Waals surface area contributed by atoms with Crippen LogP contribution < -0.4 is 16.1 Å². The molecule has 0 spiro atoms. The molecule has 0 saturated carbocycles. The number of hydrogen-bond acceptors (Lipinski definition) is 4. The van der Waals surface area contributed by atoms with Crippen molar-refractivity contribution in [3.63, 3.8) is 0 Å². The summed E-state index contributed by atoms with van der Waals surface area (Å²) in [6.45, 7) is 8.15. The number of nitrogens with two attached hydrogens (primary N) is 1. The van der Waals surface area contributed by atoms with Crippen molar-refractivity contribution >= 4 is 22.6 Å². The molecular weight excluding hydrogens is 325 g/mol. The van der Waals surface area contributed by atoms with Gasteiger partial charge >= 0.3 is 5.97 Å². The van der Waals surface area contributed by atoms with Gasteiger partial charge in [-0.15, -0.1) is 0 Å². The van der Waals surface area contributed by atoms with E-state index in [4.69, 9.17) is 5.73 Å². The van der Waals surface area contributed by atoms with Gasteiger partial charge in [-0.1, -0.05) is 0 Å². The van der Waals surface area contributed by atoms with E-state index in [0.29, 0.717) is 17.7 Å². The fourth-order valence-corrected chi connectivity index (χ4v) is 3.22. The molecule has 134 valence electrons. The van der Waals surface area contributed by atoms with Crippen LogP contribution in [0.25, 0.3) is 10.9 Å². The first kappa shape index (κ1) is 17.4. The minimum Gasteiger partial charge on any atom is -0.477 e. The summed E-state index contributed by atoms with van der Waals surface area (Å²) in [5, 5.41) is 9.37. The van der Waals surface area contributed by atoms with Crippen molar-refractivity contribution in [2.75, 3.05) is 11.4 Å². The number of aromatic nitrogens is 1. The summed E-state index contributed by atoms with van der Waals surface area (Å²) in [7, 11) is 0. The average molecular weight is 347 g/mol. The Morgan fingerprint density at radius 2 is 2.00 bits per heavy atom. The lowest BCUT2D eigenvalue weighted by Gasteiger charge is -2.46. The Morgan fingerprint density at radius 3 is 2.48 bits per heavy atom. The molecule has 1 fully saturated rings. The highest BCUT2D eigenvalue weighted by Crippen LogP contribution is 2.32. The number of pyridine rings is 1. The minimum atomic E-state index is -1.32. The second-order valence-electron chi connectivity index (χ2n) is 7.60. The lowest BCUT2D eigenvalue weighted by atomic mass is 9.97. The standard InChI is InChI=1S/C18H22FN3O3/c1-9-13(20)8-21(9)15-6-14-10(5-12(15)19)16(23)11(17(24)25)7-22(14)18(2,3)4/h5-7,9,13H,8,20H2,1-4H3,(H,24,25). The second kappa shape index (κ2) is 5.56. The number of benzene rings is 1.